The molecule has 0 amide bonds. The van der Waals surface area contributed by atoms with Crippen LogP contribution in [0.1, 0.15) is 9.81 Å². The maximum absolute atomic E-state index is 7.99. The summed E-state index contributed by atoms with van der Waals surface area (Å²) in [5, 5.41) is 0. The highest BCUT2D eigenvalue weighted by Crippen LogP contribution is 2.30. The number of rotatable bonds is 0. The largest absolute Gasteiger partial charge is 0.275 e. The summed E-state index contributed by atoms with van der Waals surface area (Å²) >= 11 is 0. The molecular formula is C15H12N5+. The van der Waals surface area contributed by atoms with Crippen molar-refractivity contribution in [1.29, 1.82) is 0 Å². The molecule has 5 heteroatoms. The Kier molecular flexibility index (Phi) is 1.27. The van der Waals surface area contributed by atoms with Crippen molar-refractivity contribution >= 4 is 16.8 Å². The fourth-order valence-corrected chi connectivity index (χ4v) is 3.08. The Labute approximate surface area is 119 Å². The second-order valence-electron chi connectivity index (χ2n) is 4.94. The molecule has 5 rings (SSSR count). The lowest BCUT2D eigenvalue weighted by Gasteiger charge is -1.95. The second-order valence-corrected chi connectivity index (χ2v) is 4.94. The SMILES string of the molecule is [2H]C([2H])([2H])n1c2[n+](c3c1cc1ncccn13)Cc1ncccc1-2. The quantitative estimate of drug-likeness (QED) is 0.398. The van der Waals surface area contributed by atoms with E-state index in [9.17, 15) is 0 Å². The number of hydrogen-bond donors (Lipinski definition) is 0. The molecule has 20 heavy (non-hydrogen) atoms. The minimum absolute atomic E-state index is 0.562. The molecule has 0 aliphatic carbocycles. The normalized spacial score (nSPS) is 15.9. The first kappa shape index (κ1) is 7.79. The summed E-state index contributed by atoms with van der Waals surface area (Å²) in [6.07, 6.45) is 5.34. The molecule has 5 nitrogen and oxygen atoms in total. The Balaban J connectivity index is 2.01. The monoisotopic (exact) mass is 265 g/mol. The zero-order valence-electron chi connectivity index (χ0n) is 13.5. The molecule has 0 radical (unpaired) electrons. The van der Waals surface area contributed by atoms with Crippen LogP contribution < -0.4 is 4.57 Å². The van der Waals surface area contributed by atoms with Crippen molar-refractivity contribution in [3.63, 3.8) is 0 Å². The fraction of sp³-hybridized carbons (Fsp3) is 0.133. The summed E-state index contributed by atoms with van der Waals surface area (Å²) in [4.78, 5) is 8.72. The third-order valence-electron chi connectivity index (χ3n) is 3.90. The van der Waals surface area contributed by atoms with Crippen molar-refractivity contribution in [2.45, 2.75) is 6.54 Å². The summed E-state index contributed by atoms with van der Waals surface area (Å²) < 4.78 is 29.3. The van der Waals surface area contributed by atoms with Gasteiger partial charge in [-0.25, -0.2) is 14.0 Å². The van der Waals surface area contributed by atoms with Gasteiger partial charge in [-0.1, -0.05) is 0 Å². The standard InChI is InChI=1S/C15H12N5/c1-18-12-8-13-17-6-3-7-19(13)15(12)20-9-11-10(14(18)20)4-2-5-16-11/h2-8H,9H2,1H3/q+1/i1D3. The van der Waals surface area contributed by atoms with E-state index in [2.05, 4.69) is 9.97 Å². The lowest BCUT2D eigenvalue weighted by atomic mass is 10.2. The number of aryl methyl sites for hydroxylation is 1. The molecule has 0 atom stereocenters. The second kappa shape index (κ2) is 3.25. The molecule has 96 valence electrons. The molecule has 0 saturated heterocycles. The number of imidazole rings is 1. The van der Waals surface area contributed by atoms with Gasteiger partial charge in [0.15, 0.2) is 11.2 Å². The summed E-state index contributed by atoms with van der Waals surface area (Å²) in [5.41, 5.74) is 3.99. The van der Waals surface area contributed by atoms with Crippen LogP contribution in [0.15, 0.2) is 42.9 Å². The number of hydrogen-bond acceptors (Lipinski definition) is 2. The van der Waals surface area contributed by atoms with E-state index in [4.69, 9.17) is 4.11 Å². The van der Waals surface area contributed by atoms with E-state index in [1.807, 2.05) is 39.4 Å². The van der Waals surface area contributed by atoms with Crippen molar-refractivity contribution < 1.29 is 8.68 Å². The Morgan fingerprint density at radius 3 is 3.20 bits per heavy atom. The minimum Gasteiger partial charge on any atom is -0.257 e. The lowest BCUT2D eigenvalue weighted by molar-refractivity contribution is -0.648. The fourth-order valence-electron chi connectivity index (χ4n) is 3.08. The van der Waals surface area contributed by atoms with Gasteiger partial charge in [0.05, 0.1) is 28.5 Å². The van der Waals surface area contributed by atoms with Gasteiger partial charge in [0.25, 0.3) is 5.65 Å². The molecule has 4 aromatic rings. The van der Waals surface area contributed by atoms with Crippen LogP contribution in [0.4, 0.5) is 0 Å². The molecular weight excluding hydrogens is 250 g/mol. The van der Waals surface area contributed by atoms with Crippen LogP contribution in [0.3, 0.4) is 0 Å². The Hall–Kier alpha value is -2.69. The van der Waals surface area contributed by atoms with E-state index < -0.39 is 6.98 Å². The van der Waals surface area contributed by atoms with Gasteiger partial charge >= 0.3 is 0 Å². The maximum Gasteiger partial charge on any atom is 0.275 e. The number of fused-ring (bicyclic) bond motifs is 7. The van der Waals surface area contributed by atoms with Crippen LogP contribution in [0.25, 0.3) is 28.2 Å². The average Bonchev–Trinajstić information content (AvgIpc) is 3.12. The summed E-state index contributed by atoms with van der Waals surface area (Å²) in [7, 11) is 0. The van der Waals surface area contributed by atoms with Crippen LogP contribution >= 0.6 is 0 Å². The maximum atomic E-state index is 7.99. The Morgan fingerprint density at radius 1 is 1.30 bits per heavy atom. The molecule has 0 unspecified atom stereocenters. The molecule has 0 bridgehead atoms. The van der Waals surface area contributed by atoms with Crippen LogP contribution in [0, 0.1) is 0 Å². The van der Waals surface area contributed by atoms with Crippen LogP contribution in [0.2, 0.25) is 0 Å². The van der Waals surface area contributed by atoms with E-state index in [-0.39, 0.29) is 0 Å². The average molecular weight is 265 g/mol. The predicted molar refractivity (Wildman–Crippen MR) is 74.2 cm³/mol. The minimum atomic E-state index is -2.28. The Morgan fingerprint density at radius 2 is 2.25 bits per heavy atom. The first-order valence-corrected chi connectivity index (χ1v) is 6.41. The van der Waals surface area contributed by atoms with Crippen molar-refractivity contribution in [1.82, 2.24) is 18.9 Å². The molecule has 0 fully saturated rings. The van der Waals surface area contributed by atoms with Gasteiger partial charge in [-0.2, -0.15) is 0 Å². The number of pyridine rings is 1. The van der Waals surface area contributed by atoms with Gasteiger partial charge in [-0.3, -0.25) is 9.55 Å². The lowest BCUT2D eigenvalue weighted by Crippen LogP contribution is -2.32. The van der Waals surface area contributed by atoms with Gasteiger partial charge in [-0.15, -0.1) is 0 Å². The highest BCUT2D eigenvalue weighted by atomic mass is 15.2. The van der Waals surface area contributed by atoms with Crippen molar-refractivity contribution in [2.75, 3.05) is 0 Å². The third kappa shape index (κ3) is 1.02. The molecule has 0 N–H and O–H groups in total. The zero-order valence-corrected chi connectivity index (χ0v) is 10.5. The molecule has 0 spiro atoms. The smallest absolute Gasteiger partial charge is 0.257 e. The summed E-state index contributed by atoms with van der Waals surface area (Å²) in [6, 6.07) is 7.42. The van der Waals surface area contributed by atoms with Crippen LogP contribution in [-0.4, -0.2) is 18.9 Å². The molecule has 0 saturated carbocycles. The summed E-state index contributed by atoms with van der Waals surface area (Å²) in [5.74, 6) is 0.677. The van der Waals surface area contributed by atoms with Crippen LogP contribution in [0.5, 0.6) is 0 Å². The van der Waals surface area contributed by atoms with Gasteiger partial charge < -0.3 is 0 Å². The summed E-state index contributed by atoms with van der Waals surface area (Å²) in [6.45, 7) is -1.71. The Bertz CT molecular complexity index is 1090. The van der Waals surface area contributed by atoms with Gasteiger partial charge in [0.2, 0.25) is 5.82 Å². The van der Waals surface area contributed by atoms with E-state index in [1.54, 1.807) is 12.4 Å². The van der Waals surface area contributed by atoms with E-state index in [0.29, 0.717) is 17.9 Å². The van der Waals surface area contributed by atoms with Gasteiger partial charge in [-0.05, 0) is 18.2 Å². The van der Waals surface area contributed by atoms with Crippen molar-refractivity contribution in [3.05, 3.63) is 48.5 Å². The molecule has 0 aromatic carbocycles. The van der Waals surface area contributed by atoms with E-state index in [0.717, 1.165) is 22.6 Å². The van der Waals surface area contributed by atoms with Gasteiger partial charge in [0, 0.05) is 18.5 Å². The number of nitrogens with zero attached hydrogens (tertiary/aromatic N) is 5. The third-order valence-corrected chi connectivity index (χ3v) is 3.90. The molecule has 5 heterocycles. The first-order valence-electron chi connectivity index (χ1n) is 7.91. The molecule has 4 aromatic heterocycles. The van der Waals surface area contributed by atoms with Crippen LogP contribution in [-0.2, 0) is 13.5 Å². The highest BCUT2D eigenvalue weighted by molar-refractivity contribution is 5.81. The predicted octanol–water partition coefficient (Wildman–Crippen LogP) is 1.54. The van der Waals surface area contributed by atoms with Crippen molar-refractivity contribution in [2.24, 2.45) is 6.98 Å². The first-order chi connectivity index (χ1) is 11.1. The number of aromatic nitrogens is 5. The highest BCUT2D eigenvalue weighted by Gasteiger charge is 2.33. The molecule has 1 aliphatic rings. The van der Waals surface area contributed by atoms with Crippen molar-refractivity contribution in [3.8, 4) is 11.4 Å². The van der Waals surface area contributed by atoms with E-state index in [1.165, 1.54) is 4.57 Å². The topological polar surface area (TPSA) is 39.0 Å². The molecule has 1 aliphatic heterocycles. The van der Waals surface area contributed by atoms with Gasteiger partial charge in [0.1, 0.15) is 6.54 Å². The zero-order chi connectivity index (χ0) is 15.8. The van der Waals surface area contributed by atoms with E-state index >= 15 is 0 Å².